The molecule has 2 heterocycles. The van der Waals surface area contributed by atoms with Gasteiger partial charge in [0, 0.05) is 17.3 Å². The van der Waals surface area contributed by atoms with Gasteiger partial charge in [-0.05, 0) is 41.6 Å². The van der Waals surface area contributed by atoms with Crippen LogP contribution in [0.15, 0.2) is 103 Å². The highest BCUT2D eigenvalue weighted by molar-refractivity contribution is 5.83. The molecule has 0 aliphatic heterocycles. The average Bonchev–Trinajstić information content (AvgIpc) is 3.19. The van der Waals surface area contributed by atoms with Crippen LogP contribution in [0.2, 0.25) is 0 Å². The first kappa shape index (κ1) is 16.5. The first-order valence-corrected chi connectivity index (χ1v) is 9.50. The molecule has 134 valence electrons. The van der Waals surface area contributed by atoms with Crippen LogP contribution in [0.25, 0.3) is 39.1 Å². The van der Waals surface area contributed by atoms with Crippen molar-refractivity contribution in [1.82, 2.24) is 9.55 Å². The molecule has 3 aromatic carbocycles. The summed E-state index contributed by atoms with van der Waals surface area (Å²) in [7, 11) is 0. The zero-order valence-corrected chi connectivity index (χ0v) is 15.7. The van der Waals surface area contributed by atoms with E-state index in [0.29, 0.717) is 0 Å². The number of pyridine rings is 1. The number of rotatable bonds is 3. The maximum Gasteiger partial charge on any atom is 0.141 e. The Morgan fingerprint density at radius 1 is 0.679 bits per heavy atom. The quantitative estimate of drug-likeness (QED) is 0.351. The minimum Gasteiger partial charge on any atom is -0.301 e. The van der Waals surface area contributed by atoms with E-state index in [2.05, 4.69) is 109 Å². The molecule has 5 aromatic rings. The number of fused-ring (bicyclic) bond motifs is 1. The van der Waals surface area contributed by atoms with Crippen LogP contribution in [-0.2, 0) is 0 Å². The number of nitrogens with zero attached hydrogens (tertiary/aromatic N) is 2. The van der Waals surface area contributed by atoms with Crippen LogP contribution < -0.4 is 0 Å². The third-order valence-electron chi connectivity index (χ3n) is 5.23. The Labute approximate surface area is 164 Å². The van der Waals surface area contributed by atoms with Gasteiger partial charge in [0.15, 0.2) is 0 Å². The lowest BCUT2D eigenvalue weighted by Gasteiger charge is -2.16. The summed E-state index contributed by atoms with van der Waals surface area (Å²) in [5.74, 6) is 0.974. The largest absolute Gasteiger partial charge is 0.301 e. The van der Waals surface area contributed by atoms with E-state index in [1.165, 1.54) is 27.6 Å². The molecule has 2 heteroatoms. The minimum atomic E-state index is 0.974. The molecule has 5 rings (SSSR count). The van der Waals surface area contributed by atoms with Crippen molar-refractivity contribution in [3.05, 3.63) is 109 Å². The molecule has 0 radical (unpaired) electrons. The summed E-state index contributed by atoms with van der Waals surface area (Å²) in [5.41, 5.74) is 6.87. The van der Waals surface area contributed by atoms with Crippen molar-refractivity contribution < 1.29 is 0 Å². The van der Waals surface area contributed by atoms with Crippen LogP contribution >= 0.6 is 0 Å². The molecule has 0 saturated carbocycles. The average molecular weight is 360 g/mol. The van der Waals surface area contributed by atoms with Crippen LogP contribution in [0.4, 0.5) is 0 Å². The number of benzene rings is 3. The molecule has 0 N–H and O–H groups in total. The monoisotopic (exact) mass is 360 g/mol. The fourth-order valence-corrected chi connectivity index (χ4v) is 3.77. The van der Waals surface area contributed by atoms with Crippen molar-refractivity contribution in [1.29, 1.82) is 0 Å². The van der Waals surface area contributed by atoms with E-state index in [4.69, 9.17) is 4.98 Å². The Morgan fingerprint density at radius 2 is 1.32 bits per heavy atom. The minimum absolute atomic E-state index is 0.974. The smallest absolute Gasteiger partial charge is 0.141 e. The van der Waals surface area contributed by atoms with Crippen LogP contribution in [0.3, 0.4) is 0 Å². The van der Waals surface area contributed by atoms with Gasteiger partial charge in [0.05, 0.1) is 11.2 Å². The summed E-state index contributed by atoms with van der Waals surface area (Å²) in [6.45, 7) is 2.16. The van der Waals surface area contributed by atoms with Gasteiger partial charge in [-0.3, -0.25) is 0 Å². The van der Waals surface area contributed by atoms with Crippen LogP contribution in [0.5, 0.6) is 0 Å². The number of para-hydroxylation sites is 1. The lowest BCUT2D eigenvalue weighted by Crippen LogP contribution is -2.03. The van der Waals surface area contributed by atoms with Gasteiger partial charge in [-0.2, -0.15) is 0 Å². The van der Waals surface area contributed by atoms with E-state index in [-0.39, 0.29) is 0 Å². The Kier molecular flexibility index (Phi) is 4.02. The van der Waals surface area contributed by atoms with E-state index in [1.807, 2.05) is 6.07 Å². The van der Waals surface area contributed by atoms with Crippen LogP contribution in [0.1, 0.15) is 5.56 Å². The Balaban J connectivity index is 1.81. The lowest BCUT2D eigenvalue weighted by molar-refractivity contribution is 1.03. The summed E-state index contributed by atoms with van der Waals surface area (Å²) in [6, 6.07) is 33.7. The predicted molar refractivity (Wildman–Crippen MR) is 117 cm³/mol. The Morgan fingerprint density at radius 3 is 2.07 bits per heavy atom. The second-order valence-corrected chi connectivity index (χ2v) is 6.98. The number of hydrogen-bond acceptors (Lipinski definition) is 1. The number of hydrogen-bond donors (Lipinski definition) is 0. The molecule has 0 fully saturated rings. The maximum absolute atomic E-state index is 5.08. The van der Waals surface area contributed by atoms with E-state index in [0.717, 1.165) is 17.1 Å². The van der Waals surface area contributed by atoms with Gasteiger partial charge >= 0.3 is 0 Å². The third kappa shape index (κ3) is 2.80. The van der Waals surface area contributed by atoms with Crippen molar-refractivity contribution in [2.24, 2.45) is 0 Å². The zero-order valence-electron chi connectivity index (χ0n) is 15.7. The molecular weight excluding hydrogens is 340 g/mol. The molecule has 0 saturated heterocycles. The van der Waals surface area contributed by atoms with Crippen molar-refractivity contribution in [3.63, 3.8) is 0 Å². The molecule has 0 aliphatic rings. The van der Waals surface area contributed by atoms with Crippen molar-refractivity contribution in [3.8, 4) is 28.2 Å². The predicted octanol–water partition coefficient (Wildman–Crippen LogP) is 6.67. The zero-order chi connectivity index (χ0) is 18.9. The molecule has 0 aliphatic carbocycles. The summed E-state index contributed by atoms with van der Waals surface area (Å²) in [6.07, 6.45) is 2.11. The van der Waals surface area contributed by atoms with Crippen molar-refractivity contribution in [2.75, 3.05) is 0 Å². The first-order valence-electron chi connectivity index (χ1n) is 9.50. The molecule has 0 spiro atoms. The van der Waals surface area contributed by atoms with Gasteiger partial charge < -0.3 is 4.57 Å². The van der Waals surface area contributed by atoms with Crippen molar-refractivity contribution in [2.45, 2.75) is 6.92 Å². The second-order valence-electron chi connectivity index (χ2n) is 6.98. The summed E-state index contributed by atoms with van der Waals surface area (Å²) < 4.78 is 2.20. The molecule has 2 nitrogen and oxygen atoms in total. The highest BCUT2D eigenvalue weighted by Crippen LogP contribution is 2.32. The Hall–Kier alpha value is -3.65. The standard InChI is InChI=1S/C26H20N2/c1-19-23(20-10-4-2-5-11-20)18-24(21-12-6-3-7-13-21)27-26(19)28-17-16-22-14-8-9-15-25(22)28/h2-18H,1H3. The van der Waals surface area contributed by atoms with E-state index in [1.54, 1.807) is 0 Å². The molecule has 0 bridgehead atoms. The lowest BCUT2D eigenvalue weighted by atomic mass is 9.98. The van der Waals surface area contributed by atoms with Gasteiger partial charge in [0.2, 0.25) is 0 Å². The fraction of sp³-hybridized carbons (Fsp3) is 0.0385. The number of aromatic nitrogens is 2. The van der Waals surface area contributed by atoms with Gasteiger partial charge in [0.25, 0.3) is 0 Å². The first-order chi connectivity index (χ1) is 13.8. The topological polar surface area (TPSA) is 17.8 Å². The van der Waals surface area contributed by atoms with E-state index < -0.39 is 0 Å². The molecule has 0 unspecified atom stereocenters. The van der Waals surface area contributed by atoms with E-state index >= 15 is 0 Å². The normalized spacial score (nSPS) is 11.0. The van der Waals surface area contributed by atoms with Crippen LogP contribution in [-0.4, -0.2) is 9.55 Å². The van der Waals surface area contributed by atoms with Gasteiger partial charge in [-0.15, -0.1) is 0 Å². The van der Waals surface area contributed by atoms with Gasteiger partial charge in [-0.25, -0.2) is 4.98 Å². The summed E-state index contributed by atoms with van der Waals surface area (Å²) in [5, 5.41) is 1.22. The third-order valence-corrected chi connectivity index (χ3v) is 5.23. The van der Waals surface area contributed by atoms with Crippen LogP contribution in [0, 0.1) is 6.92 Å². The molecule has 2 aromatic heterocycles. The SMILES string of the molecule is Cc1c(-c2ccccc2)cc(-c2ccccc2)nc1-n1ccc2ccccc21. The highest BCUT2D eigenvalue weighted by Gasteiger charge is 2.14. The molecular formula is C26H20N2. The molecule has 28 heavy (non-hydrogen) atoms. The van der Waals surface area contributed by atoms with Crippen molar-refractivity contribution >= 4 is 10.9 Å². The highest BCUT2D eigenvalue weighted by atomic mass is 15.1. The Bertz CT molecular complexity index is 1250. The molecule has 0 amide bonds. The van der Waals surface area contributed by atoms with Gasteiger partial charge in [0.1, 0.15) is 5.82 Å². The maximum atomic E-state index is 5.08. The van der Waals surface area contributed by atoms with E-state index in [9.17, 15) is 0 Å². The summed E-state index contributed by atoms with van der Waals surface area (Å²) >= 11 is 0. The fourth-order valence-electron chi connectivity index (χ4n) is 3.77. The second kappa shape index (κ2) is 6.82. The molecule has 0 atom stereocenters. The summed E-state index contributed by atoms with van der Waals surface area (Å²) in [4.78, 5) is 5.08. The van der Waals surface area contributed by atoms with Gasteiger partial charge in [-0.1, -0.05) is 78.9 Å².